The topological polar surface area (TPSA) is 96.8 Å². The number of halogens is 1. The van der Waals surface area contributed by atoms with Crippen LogP contribution in [0.5, 0.6) is 5.88 Å². The lowest BCUT2D eigenvalue weighted by Crippen LogP contribution is -1.93. The number of H-pyrrole nitrogens is 2. The first-order valence-electron chi connectivity index (χ1n) is 4.96. The summed E-state index contributed by atoms with van der Waals surface area (Å²) in [6.07, 6.45) is 3.29. The Labute approximate surface area is 108 Å². The monoisotopic (exact) mass is 310 g/mol. The lowest BCUT2D eigenvalue weighted by molar-refractivity contribution is 0.402. The molecule has 0 bridgehead atoms. The molecule has 3 aromatic rings. The number of ether oxygens (including phenoxy) is 1. The Balaban J connectivity index is 2.35. The summed E-state index contributed by atoms with van der Waals surface area (Å²) in [6, 6.07) is 0. The summed E-state index contributed by atoms with van der Waals surface area (Å²) in [5, 5.41) is 6.81. The summed E-state index contributed by atoms with van der Waals surface area (Å²) in [5.41, 5.74) is 1.35. The fourth-order valence-corrected chi connectivity index (χ4v) is 2.27. The normalized spacial score (nSPS) is 11.0. The van der Waals surface area contributed by atoms with E-state index >= 15 is 0 Å². The van der Waals surface area contributed by atoms with Gasteiger partial charge in [-0.3, -0.25) is 0 Å². The van der Waals surface area contributed by atoms with Gasteiger partial charge in [0.15, 0.2) is 0 Å². The minimum Gasteiger partial charge on any atom is -0.479 e. The maximum absolute atomic E-state index is 11.0. The van der Waals surface area contributed by atoms with Crippen LogP contribution < -0.4 is 10.5 Å². The minimum atomic E-state index is -0.600. The molecule has 18 heavy (non-hydrogen) atoms. The van der Waals surface area contributed by atoms with Gasteiger partial charge in [-0.2, -0.15) is 0 Å². The number of nitrogens with one attached hydrogen (secondary N) is 2. The number of aromatic amines is 2. The summed E-state index contributed by atoms with van der Waals surface area (Å²) in [4.78, 5) is 18.1. The van der Waals surface area contributed by atoms with Crippen LogP contribution in [0.4, 0.5) is 0 Å². The van der Waals surface area contributed by atoms with Crippen LogP contribution in [-0.2, 0) is 0 Å². The lowest BCUT2D eigenvalue weighted by atomic mass is 10.2. The predicted octanol–water partition coefficient (Wildman–Crippen LogP) is 1.68. The van der Waals surface area contributed by atoms with Gasteiger partial charge in [-0.1, -0.05) is 0 Å². The van der Waals surface area contributed by atoms with Gasteiger partial charge in [0.2, 0.25) is 5.88 Å². The van der Waals surface area contributed by atoms with Crippen molar-refractivity contribution in [3.63, 3.8) is 0 Å². The van der Waals surface area contributed by atoms with Gasteiger partial charge in [-0.05, 0) is 15.9 Å². The third kappa shape index (κ3) is 1.53. The zero-order valence-electron chi connectivity index (χ0n) is 9.15. The van der Waals surface area contributed by atoms with Crippen LogP contribution in [0.15, 0.2) is 26.1 Å². The summed E-state index contributed by atoms with van der Waals surface area (Å²) in [7, 11) is 1.53. The number of pyridine rings is 1. The molecular formula is C10H7BrN4O3. The molecular weight excluding hydrogens is 304 g/mol. The maximum atomic E-state index is 11.0. The minimum absolute atomic E-state index is 0.209. The van der Waals surface area contributed by atoms with Crippen molar-refractivity contribution in [1.29, 1.82) is 0 Å². The first-order chi connectivity index (χ1) is 8.70. The Kier molecular flexibility index (Phi) is 2.44. The molecule has 0 saturated heterocycles. The Morgan fingerprint density at radius 1 is 1.50 bits per heavy atom. The van der Waals surface area contributed by atoms with E-state index in [-0.39, 0.29) is 5.89 Å². The molecule has 0 radical (unpaired) electrons. The Bertz CT molecular complexity index is 773. The molecule has 0 aliphatic heterocycles. The number of nitrogens with zero attached hydrogens (tertiary/aromatic N) is 2. The van der Waals surface area contributed by atoms with Gasteiger partial charge in [0.05, 0.1) is 12.7 Å². The van der Waals surface area contributed by atoms with Crippen molar-refractivity contribution >= 4 is 26.8 Å². The molecule has 0 aromatic carbocycles. The fourth-order valence-electron chi connectivity index (χ4n) is 1.75. The highest BCUT2D eigenvalue weighted by atomic mass is 79.9. The number of hydrogen-bond acceptors (Lipinski definition) is 5. The van der Waals surface area contributed by atoms with E-state index in [1.165, 1.54) is 7.11 Å². The zero-order chi connectivity index (χ0) is 12.7. The molecule has 3 aromatic heterocycles. The molecule has 0 fully saturated rings. The first-order valence-corrected chi connectivity index (χ1v) is 5.75. The van der Waals surface area contributed by atoms with Gasteiger partial charge in [-0.15, -0.1) is 5.10 Å². The van der Waals surface area contributed by atoms with Gasteiger partial charge >= 0.3 is 5.76 Å². The Morgan fingerprint density at radius 2 is 2.33 bits per heavy atom. The van der Waals surface area contributed by atoms with Crippen LogP contribution in [0.1, 0.15) is 0 Å². The second-order valence-corrected chi connectivity index (χ2v) is 4.34. The smallest absolute Gasteiger partial charge is 0.434 e. The zero-order valence-corrected chi connectivity index (χ0v) is 10.7. The van der Waals surface area contributed by atoms with Crippen molar-refractivity contribution in [1.82, 2.24) is 20.2 Å². The van der Waals surface area contributed by atoms with Crippen LogP contribution in [0, 0.1) is 0 Å². The molecule has 0 atom stereocenters. The van der Waals surface area contributed by atoms with Crippen LogP contribution in [0.3, 0.4) is 0 Å². The summed E-state index contributed by atoms with van der Waals surface area (Å²) < 4.78 is 10.8. The molecule has 0 aliphatic rings. The number of methoxy groups -OCH3 is 1. The van der Waals surface area contributed by atoms with E-state index in [4.69, 9.17) is 9.15 Å². The van der Waals surface area contributed by atoms with Crippen molar-refractivity contribution in [2.75, 3.05) is 7.11 Å². The van der Waals surface area contributed by atoms with Crippen molar-refractivity contribution in [2.45, 2.75) is 0 Å². The quantitative estimate of drug-likeness (QED) is 0.750. The van der Waals surface area contributed by atoms with E-state index in [1.54, 1.807) is 12.4 Å². The molecule has 0 spiro atoms. The molecule has 3 heterocycles. The Hall–Kier alpha value is -2.09. The van der Waals surface area contributed by atoms with Crippen LogP contribution in [0.2, 0.25) is 0 Å². The van der Waals surface area contributed by atoms with E-state index in [0.29, 0.717) is 17.0 Å². The van der Waals surface area contributed by atoms with Crippen molar-refractivity contribution in [2.24, 2.45) is 0 Å². The molecule has 0 aliphatic carbocycles. The number of fused-ring (bicyclic) bond motifs is 1. The maximum Gasteiger partial charge on any atom is 0.434 e. The molecule has 0 saturated carbocycles. The molecule has 92 valence electrons. The van der Waals surface area contributed by atoms with Crippen LogP contribution in [-0.4, -0.2) is 27.3 Å². The fraction of sp³-hybridized carbons (Fsp3) is 0.100. The molecule has 3 rings (SSSR count). The average Bonchev–Trinajstić information content (AvgIpc) is 2.96. The molecule has 8 heteroatoms. The standard InChI is InChI=1S/C10H7BrN4O3/c1-17-9-7-6(5(11)3-13-9)4(2-12-7)8-14-15-10(16)18-8/h2-3,12H,1H3,(H,15,16). The lowest BCUT2D eigenvalue weighted by Gasteiger charge is -2.01. The largest absolute Gasteiger partial charge is 0.479 e. The van der Waals surface area contributed by atoms with E-state index < -0.39 is 5.76 Å². The first kappa shape index (κ1) is 11.0. The summed E-state index contributed by atoms with van der Waals surface area (Å²) in [5.74, 6) is 0.0639. The van der Waals surface area contributed by atoms with Crippen molar-refractivity contribution in [3.05, 3.63) is 27.4 Å². The molecule has 2 N–H and O–H groups in total. The highest BCUT2D eigenvalue weighted by molar-refractivity contribution is 9.10. The third-order valence-corrected chi connectivity index (χ3v) is 3.09. The van der Waals surface area contributed by atoms with E-state index in [0.717, 1.165) is 9.86 Å². The van der Waals surface area contributed by atoms with Gasteiger partial charge in [0.1, 0.15) is 5.52 Å². The van der Waals surface area contributed by atoms with E-state index in [1.807, 2.05) is 0 Å². The summed E-state index contributed by atoms with van der Waals surface area (Å²) in [6.45, 7) is 0. The molecule has 0 amide bonds. The number of hydrogen-bond donors (Lipinski definition) is 2. The average molecular weight is 311 g/mol. The number of rotatable bonds is 2. The highest BCUT2D eigenvalue weighted by Crippen LogP contribution is 2.35. The van der Waals surface area contributed by atoms with Crippen LogP contribution in [0.25, 0.3) is 22.4 Å². The second-order valence-electron chi connectivity index (χ2n) is 3.49. The van der Waals surface area contributed by atoms with Gasteiger partial charge < -0.3 is 14.1 Å². The predicted molar refractivity (Wildman–Crippen MR) is 66.5 cm³/mol. The molecule has 0 unspecified atom stereocenters. The SMILES string of the molecule is COc1ncc(Br)c2c(-c3n[nH]c(=O)o3)c[nH]c12. The van der Waals surface area contributed by atoms with E-state index in [9.17, 15) is 4.79 Å². The number of aromatic nitrogens is 4. The Morgan fingerprint density at radius 3 is 3.00 bits per heavy atom. The van der Waals surface area contributed by atoms with Crippen LogP contribution >= 0.6 is 15.9 Å². The third-order valence-electron chi connectivity index (χ3n) is 2.49. The van der Waals surface area contributed by atoms with Gasteiger partial charge in [0, 0.05) is 22.3 Å². The summed E-state index contributed by atoms with van der Waals surface area (Å²) >= 11 is 3.40. The van der Waals surface area contributed by atoms with Gasteiger partial charge in [0.25, 0.3) is 5.89 Å². The van der Waals surface area contributed by atoms with Gasteiger partial charge in [-0.25, -0.2) is 14.9 Å². The second kappa shape index (κ2) is 3.98. The van der Waals surface area contributed by atoms with E-state index in [2.05, 4.69) is 36.1 Å². The van der Waals surface area contributed by atoms with Crippen molar-refractivity contribution < 1.29 is 9.15 Å². The molecule has 7 nitrogen and oxygen atoms in total. The highest BCUT2D eigenvalue weighted by Gasteiger charge is 2.17. The van der Waals surface area contributed by atoms with Crippen molar-refractivity contribution in [3.8, 4) is 17.3 Å².